The highest BCUT2D eigenvalue weighted by Gasteiger charge is 2.44. The molecule has 7 nitrogen and oxygen atoms in total. The molecule has 0 radical (unpaired) electrons. The molecule has 1 amide bonds. The summed E-state index contributed by atoms with van der Waals surface area (Å²) in [6.45, 7) is 0. The number of hydrogen-bond acceptors (Lipinski definition) is 6. The molecule has 3 unspecified atom stereocenters. The number of fused-ring (bicyclic) bond motifs is 1. The smallest absolute Gasteiger partial charge is 0.391 e. The van der Waals surface area contributed by atoms with Crippen LogP contribution in [0.1, 0.15) is 41.1 Å². The molecule has 158 valence electrons. The number of anilines is 2. The third-order valence-corrected chi connectivity index (χ3v) is 5.45. The lowest BCUT2D eigenvalue weighted by molar-refractivity contribution is -0.184. The van der Waals surface area contributed by atoms with Crippen LogP contribution >= 0.6 is 0 Å². The van der Waals surface area contributed by atoms with E-state index in [1.54, 1.807) is 18.2 Å². The Morgan fingerprint density at radius 3 is 2.77 bits per heavy atom. The molecule has 1 aliphatic carbocycles. The van der Waals surface area contributed by atoms with E-state index >= 15 is 0 Å². The fourth-order valence-corrected chi connectivity index (χ4v) is 4.10. The molecule has 0 saturated heterocycles. The highest BCUT2D eigenvalue weighted by molar-refractivity contribution is 6.14. The zero-order valence-corrected chi connectivity index (χ0v) is 15.8. The van der Waals surface area contributed by atoms with Gasteiger partial charge in [-0.25, -0.2) is 0 Å². The van der Waals surface area contributed by atoms with Gasteiger partial charge in [-0.2, -0.15) is 13.2 Å². The van der Waals surface area contributed by atoms with Crippen LogP contribution in [0.2, 0.25) is 0 Å². The summed E-state index contributed by atoms with van der Waals surface area (Å²) in [6, 6.07) is 4.31. The lowest BCUT2D eigenvalue weighted by Crippen LogP contribution is -2.38. The highest BCUT2D eigenvalue weighted by Crippen LogP contribution is 2.44. The molecule has 3 aromatic rings. The van der Waals surface area contributed by atoms with Gasteiger partial charge in [0.25, 0.3) is 5.91 Å². The first kappa shape index (κ1) is 20.1. The summed E-state index contributed by atoms with van der Waals surface area (Å²) in [5.41, 5.74) is 13.4. The van der Waals surface area contributed by atoms with Crippen molar-refractivity contribution >= 4 is 28.6 Å². The second kappa shape index (κ2) is 7.60. The minimum atomic E-state index is -4.32. The summed E-state index contributed by atoms with van der Waals surface area (Å²) in [4.78, 5) is 21.0. The zero-order chi connectivity index (χ0) is 21.5. The van der Waals surface area contributed by atoms with E-state index in [4.69, 9.17) is 15.9 Å². The Morgan fingerprint density at radius 2 is 2.00 bits per heavy atom. The number of carbonyl (C=O) groups excluding carboxylic acids is 1. The highest BCUT2D eigenvalue weighted by atomic mass is 19.4. The van der Waals surface area contributed by atoms with E-state index in [1.165, 1.54) is 18.6 Å². The second-order valence-electron chi connectivity index (χ2n) is 7.51. The average molecular weight is 419 g/mol. The number of amides is 1. The van der Waals surface area contributed by atoms with Gasteiger partial charge in [0.05, 0.1) is 17.8 Å². The van der Waals surface area contributed by atoms with Crippen LogP contribution in [-0.2, 0) is 0 Å². The first-order valence-corrected chi connectivity index (χ1v) is 9.44. The molecule has 10 heteroatoms. The summed E-state index contributed by atoms with van der Waals surface area (Å²) in [6.07, 6.45) is 0.266. The van der Waals surface area contributed by atoms with E-state index in [9.17, 15) is 18.0 Å². The SMILES string of the molecule is Nc1oc2cccnc2c1C(=O)Nc1cnccc1C1CC(N)CC(C(F)(F)F)C1. The number of nitrogen functional groups attached to an aromatic ring is 1. The average Bonchev–Trinajstić information content (AvgIpc) is 3.03. The zero-order valence-electron chi connectivity index (χ0n) is 15.8. The molecule has 1 fully saturated rings. The molecule has 1 saturated carbocycles. The van der Waals surface area contributed by atoms with Gasteiger partial charge in [-0.15, -0.1) is 0 Å². The van der Waals surface area contributed by atoms with E-state index in [1.807, 2.05) is 0 Å². The van der Waals surface area contributed by atoms with Crippen LogP contribution in [0.25, 0.3) is 11.1 Å². The largest absolute Gasteiger partial charge is 0.438 e. The van der Waals surface area contributed by atoms with Gasteiger partial charge in [0, 0.05) is 18.4 Å². The predicted molar refractivity (Wildman–Crippen MR) is 105 cm³/mol. The van der Waals surface area contributed by atoms with Gasteiger partial charge < -0.3 is 21.2 Å². The topological polar surface area (TPSA) is 120 Å². The molecule has 0 bridgehead atoms. The van der Waals surface area contributed by atoms with Crippen molar-refractivity contribution in [3.63, 3.8) is 0 Å². The lowest BCUT2D eigenvalue weighted by Gasteiger charge is -2.35. The van der Waals surface area contributed by atoms with Gasteiger partial charge in [-0.3, -0.25) is 14.8 Å². The number of aromatic nitrogens is 2. The molecule has 3 aromatic heterocycles. The van der Waals surface area contributed by atoms with Gasteiger partial charge in [0.1, 0.15) is 11.1 Å². The predicted octanol–water partition coefficient (Wildman–Crippen LogP) is 3.83. The number of nitrogens with two attached hydrogens (primary N) is 2. The van der Waals surface area contributed by atoms with Gasteiger partial charge in [0.2, 0.25) is 5.88 Å². The van der Waals surface area contributed by atoms with Crippen LogP contribution in [0.15, 0.2) is 41.2 Å². The number of alkyl halides is 3. The number of pyridine rings is 2. The Balaban J connectivity index is 1.64. The number of nitrogens with one attached hydrogen (secondary N) is 1. The molecule has 5 N–H and O–H groups in total. The van der Waals surface area contributed by atoms with Crippen molar-refractivity contribution in [3.05, 3.63) is 47.9 Å². The van der Waals surface area contributed by atoms with Crippen molar-refractivity contribution in [2.24, 2.45) is 11.7 Å². The third kappa shape index (κ3) is 3.82. The Labute approximate surface area is 169 Å². The van der Waals surface area contributed by atoms with Crippen LogP contribution < -0.4 is 16.8 Å². The number of hydrogen-bond donors (Lipinski definition) is 3. The van der Waals surface area contributed by atoms with Gasteiger partial charge in [-0.05, 0) is 48.9 Å². The third-order valence-electron chi connectivity index (χ3n) is 5.45. The fraction of sp³-hybridized carbons (Fsp3) is 0.350. The van der Waals surface area contributed by atoms with E-state index in [0.29, 0.717) is 28.8 Å². The minimum Gasteiger partial charge on any atom is -0.438 e. The van der Waals surface area contributed by atoms with E-state index in [-0.39, 0.29) is 24.3 Å². The van der Waals surface area contributed by atoms with Crippen LogP contribution in [0.3, 0.4) is 0 Å². The monoisotopic (exact) mass is 419 g/mol. The van der Waals surface area contributed by atoms with Gasteiger partial charge >= 0.3 is 6.18 Å². The van der Waals surface area contributed by atoms with Crippen molar-refractivity contribution in [2.75, 3.05) is 11.1 Å². The Hall–Kier alpha value is -3.14. The number of rotatable bonds is 3. The van der Waals surface area contributed by atoms with Crippen molar-refractivity contribution in [1.29, 1.82) is 0 Å². The van der Waals surface area contributed by atoms with E-state index in [2.05, 4.69) is 15.3 Å². The molecular formula is C20H20F3N5O2. The first-order valence-electron chi connectivity index (χ1n) is 9.44. The van der Waals surface area contributed by atoms with Gasteiger partial charge in [-0.1, -0.05) is 0 Å². The maximum atomic E-state index is 13.3. The number of furan rings is 1. The quantitative estimate of drug-likeness (QED) is 0.593. The minimum absolute atomic E-state index is 0.0638. The summed E-state index contributed by atoms with van der Waals surface area (Å²) in [5.74, 6) is -2.62. The lowest BCUT2D eigenvalue weighted by atomic mass is 9.75. The fourth-order valence-electron chi connectivity index (χ4n) is 4.10. The van der Waals surface area contributed by atoms with Crippen molar-refractivity contribution in [3.8, 4) is 0 Å². The molecule has 0 spiro atoms. The molecular weight excluding hydrogens is 399 g/mol. The summed E-state index contributed by atoms with van der Waals surface area (Å²) in [5, 5.41) is 2.71. The molecule has 4 rings (SSSR count). The number of halogens is 3. The van der Waals surface area contributed by atoms with E-state index < -0.39 is 30.0 Å². The maximum absolute atomic E-state index is 13.3. The first-order chi connectivity index (χ1) is 14.2. The second-order valence-corrected chi connectivity index (χ2v) is 7.51. The van der Waals surface area contributed by atoms with Crippen molar-refractivity contribution in [2.45, 2.75) is 37.4 Å². The van der Waals surface area contributed by atoms with Crippen LogP contribution in [0.4, 0.5) is 24.7 Å². The Kier molecular flexibility index (Phi) is 5.10. The maximum Gasteiger partial charge on any atom is 0.391 e. The van der Waals surface area contributed by atoms with Crippen molar-refractivity contribution < 1.29 is 22.4 Å². The summed E-state index contributed by atoms with van der Waals surface area (Å²) < 4.78 is 45.3. The summed E-state index contributed by atoms with van der Waals surface area (Å²) >= 11 is 0. The number of nitrogens with zero attached hydrogens (tertiary/aromatic N) is 2. The molecule has 0 aliphatic heterocycles. The molecule has 3 heterocycles. The summed E-state index contributed by atoms with van der Waals surface area (Å²) in [7, 11) is 0. The van der Waals surface area contributed by atoms with Crippen LogP contribution in [0, 0.1) is 5.92 Å². The van der Waals surface area contributed by atoms with Crippen molar-refractivity contribution in [1.82, 2.24) is 9.97 Å². The Morgan fingerprint density at radius 1 is 1.20 bits per heavy atom. The van der Waals surface area contributed by atoms with Crippen LogP contribution in [-0.4, -0.2) is 28.1 Å². The molecule has 3 atom stereocenters. The molecule has 30 heavy (non-hydrogen) atoms. The standard InChI is InChI=1S/C20H20F3N5O2/c21-20(22,23)11-6-10(7-12(24)8-11)13-3-5-26-9-14(13)28-19(29)16-17-15(30-18(16)25)2-1-4-27-17/h1-5,9-12H,6-8,24-25H2,(H,28,29). The molecule has 0 aromatic carbocycles. The van der Waals surface area contributed by atoms with Gasteiger partial charge in [0.15, 0.2) is 5.58 Å². The Bertz CT molecular complexity index is 1080. The van der Waals surface area contributed by atoms with E-state index in [0.717, 1.165) is 0 Å². The normalized spacial score (nSPS) is 22.2. The molecule has 1 aliphatic rings. The number of carbonyl (C=O) groups is 1. The van der Waals surface area contributed by atoms with Crippen LogP contribution in [0.5, 0.6) is 0 Å².